The van der Waals surface area contributed by atoms with E-state index in [2.05, 4.69) is 31.0 Å². The second kappa shape index (κ2) is 3.92. The predicted octanol–water partition coefficient (Wildman–Crippen LogP) is 2.93. The Hall–Kier alpha value is -0.530. The van der Waals surface area contributed by atoms with Crippen molar-refractivity contribution in [3.05, 3.63) is 34.3 Å². The van der Waals surface area contributed by atoms with Gasteiger partial charge >= 0.3 is 0 Å². The molecule has 2 rings (SSSR count). The van der Waals surface area contributed by atoms with Crippen LogP contribution in [-0.2, 0) is 6.42 Å². The first kappa shape index (κ1) is 10.0. The maximum atomic E-state index is 6.02. The van der Waals surface area contributed by atoms with Crippen molar-refractivity contribution in [1.29, 1.82) is 0 Å². The Labute approximate surface area is 90.7 Å². The van der Waals surface area contributed by atoms with Crippen molar-refractivity contribution in [3.8, 4) is 0 Å². The molecule has 0 bridgehead atoms. The SMILES string of the molecule is C[C@H]1CN(C)CCc2ccc(Cl)cc21. The van der Waals surface area contributed by atoms with Crippen LogP contribution in [0.25, 0.3) is 0 Å². The van der Waals surface area contributed by atoms with E-state index < -0.39 is 0 Å². The Balaban J connectivity index is 2.39. The largest absolute Gasteiger partial charge is 0.305 e. The second-order valence-electron chi connectivity index (χ2n) is 4.26. The lowest BCUT2D eigenvalue weighted by atomic mass is 9.95. The third-order valence-electron chi connectivity index (χ3n) is 2.99. The number of fused-ring (bicyclic) bond motifs is 1. The van der Waals surface area contributed by atoms with Gasteiger partial charge in [0.25, 0.3) is 0 Å². The van der Waals surface area contributed by atoms with Gasteiger partial charge in [-0.1, -0.05) is 24.6 Å². The van der Waals surface area contributed by atoms with Crippen LogP contribution in [-0.4, -0.2) is 25.0 Å². The zero-order valence-corrected chi connectivity index (χ0v) is 9.51. The molecule has 0 aliphatic carbocycles. The first-order chi connectivity index (χ1) is 6.66. The standard InChI is InChI=1S/C12H16ClN/c1-9-8-14(2)6-5-10-3-4-11(13)7-12(9)10/h3-4,7,9H,5-6,8H2,1-2H3/t9-/m0/s1. The highest BCUT2D eigenvalue weighted by molar-refractivity contribution is 6.30. The maximum absolute atomic E-state index is 6.02. The summed E-state index contributed by atoms with van der Waals surface area (Å²) in [5.41, 5.74) is 2.90. The summed E-state index contributed by atoms with van der Waals surface area (Å²) < 4.78 is 0. The first-order valence-electron chi connectivity index (χ1n) is 5.13. The fraction of sp³-hybridized carbons (Fsp3) is 0.500. The molecule has 0 N–H and O–H groups in total. The molecule has 1 aliphatic rings. The fourth-order valence-corrected chi connectivity index (χ4v) is 2.40. The number of likely N-dealkylation sites (N-methyl/N-ethyl adjacent to an activating group) is 1. The summed E-state index contributed by atoms with van der Waals surface area (Å²) in [5.74, 6) is 0.594. The van der Waals surface area contributed by atoms with Crippen molar-refractivity contribution in [2.45, 2.75) is 19.3 Å². The van der Waals surface area contributed by atoms with Crippen LogP contribution >= 0.6 is 11.6 Å². The third-order valence-corrected chi connectivity index (χ3v) is 3.22. The van der Waals surface area contributed by atoms with Crippen molar-refractivity contribution in [1.82, 2.24) is 4.90 Å². The fourth-order valence-electron chi connectivity index (χ4n) is 2.22. The second-order valence-corrected chi connectivity index (χ2v) is 4.69. The molecule has 0 radical (unpaired) electrons. The lowest BCUT2D eigenvalue weighted by Crippen LogP contribution is -2.22. The number of halogens is 1. The lowest BCUT2D eigenvalue weighted by molar-refractivity contribution is 0.332. The quantitative estimate of drug-likeness (QED) is 0.635. The van der Waals surface area contributed by atoms with E-state index in [4.69, 9.17) is 11.6 Å². The minimum atomic E-state index is 0.594. The van der Waals surface area contributed by atoms with Crippen molar-refractivity contribution in [2.24, 2.45) is 0 Å². The van der Waals surface area contributed by atoms with E-state index in [1.807, 2.05) is 6.07 Å². The van der Waals surface area contributed by atoms with Crippen LogP contribution in [0.1, 0.15) is 24.0 Å². The van der Waals surface area contributed by atoms with Gasteiger partial charge in [0.1, 0.15) is 0 Å². The highest BCUT2D eigenvalue weighted by atomic mass is 35.5. The van der Waals surface area contributed by atoms with E-state index in [-0.39, 0.29) is 0 Å². The topological polar surface area (TPSA) is 3.24 Å². The molecule has 0 fully saturated rings. The molecule has 0 unspecified atom stereocenters. The molecule has 0 spiro atoms. The molecule has 76 valence electrons. The Morgan fingerprint density at radius 2 is 2.21 bits per heavy atom. The van der Waals surface area contributed by atoms with Crippen molar-refractivity contribution >= 4 is 11.6 Å². The molecule has 1 aromatic rings. The minimum Gasteiger partial charge on any atom is -0.305 e. The molecule has 0 saturated carbocycles. The van der Waals surface area contributed by atoms with Crippen LogP contribution in [0.15, 0.2) is 18.2 Å². The lowest BCUT2D eigenvalue weighted by Gasteiger charge is -2.17. The number of hydrogen-bond acceptors (Lipinski definition) is 1. The normalized spacial score (nSPS) is 22.9. The highest BCUT2D eigenvalue weighted by Gasteiger charge is 2.17. The average molecular weight is 210 g/mol. The third kappa shape index (κ3) is 1.94. The summed E-state index contributed by atoms with van der Waals surface area (Å²) in [5, 5.41) is 0.861. The maximum Gasteiger partial charge on any atom is 0.0409 e. The summed E-state index contributed by atoms with van der Waals surface area (Å²) in [6.07, 6.45) is 1.15. The van der Waals surface area contributed by atoms with Gasteiger partial charge < -0.3 is 4.90 Å². The van der Waals surface area contributed by atoms with Gasteiger partial charge in [-0.2, -0.15) is 0 Å². The molecule has 1 heterocycles. The smallest absolute Gasteiger partial charge is 0.0409 e. The van der Waals surface area contributed by atoms with E-state index in [9.17, 15) is 0 Å². The van der Waals surface area contributed by atoms with Crippen LogP contribution in [0.2, 0.25) is 5.02 Å². The molecule has 1 aromatic carbocycles. The summed E-state index contributed by atoms with van der Waals surface area (Å²) in [4.78, 5) is 2.39. The summed E-state index contributed by atoms with van der Waals surface area (Å²) in [7, 11) is 2.18. The Morgan fingerprint density at radius 1 is 1.43 bits per heavy atom. The van der Waals surface area contributed by atoms with E-state index in [1.54, 1.807) is 0 Å². The molecule has 14 heavy (non-hydrogen) atoms. The Morgan fingerprint density at radius 3 is 3.00 bits per heavy atom. The van der Waals surface area contributed by atoms with Crippen molar-refractivity contribution in [2.75, 3.05) is 20.1 Å². The molecule has 1 aliphatic heterocycles. The van der Waals surface area contributed by atoms with Gasteiger partial charge in [0.2, 0.25) is 0 Å². The molecule has 0 saturated heterocycles. The van der Waals surface area contributed by atoms with Crippen LogP contribution in [0.4, 0.5) is 0 Å². The van der Waals surface area contributed by atoms with Crippen LogP contribution < -0.4 is 0 Å². The molecular formula is C12H16ClN. The van der Waals surface area contributed by atoms with E-state index in [0.29, 0.717) is 5.92 Å². The van der Waals surface area contributed by atoms with Crippen molar-refractivity contribution in [3.63, 3.8) is 0 Å². The zero-order valence-electron chi connectivity index (χ0n) is 8.76. The Bertz CT molecular complexity index is 335. The molecular weight excluding hydrogens is 194 g/mol. The monoisotopic (exact) mass is 209 g/mol. The van der Waals surface area contributed by atoms with Gasteiger partial charge in [-0.3, -0.25) is 0 Å². The Kier molecular flexibility index (Phi) is 2.80. The van der Waals surface area contributed by atoms with E-state index in [1.165, 1.54) is 11.1 Å². The highest BCUT2D eigenvalue weighted by Crippen LogP contribution is 2.27. The minimum absolute atomic E-state index is 0.594. The average Bonchev–Trinajstić information content (AvgIpc) is 2.27. The molecule has 1 atom stereocenters. The molecule has 0 aromatic heterocycles. The zero-order chi connectivity index (χ0) is 10.1. The summed E-state index contributed by atoms with van der Waals surface area (Å²) in [6.45, 7) is 4.56. The van der Waals surface area contributed by atoms with E-state index >= 15 is 0 Å². The number of rotatable bonds is 0. The summed E-state index contributed by atoms with van der Waals surface area (Å²) in [6, 6.07) is 6.30. The van der Waals surface area contributed by atoms with Gasteiger partial charge in [0.05, 0.1) is 0 Å². The van der Waals surface area contributed by atoms with Crippen LogP contribution in [0, 0.1) is 0 Å². The van der Waals surface area contributed by atoms with Crippen LogP contribution in [0.3, 0.4) is 0 Å². The first-order valence-corrected chi connectivity index (χ1v) is 5.51. The van der Waals surface area contributed by atoms with E-state index in [0.717, 1.165) is 24.5 Å². The molecule has 0 amide bonds. The molecule has 1 nitrogen and oxygen atoms in total. The van der Waals surface area contributed by atoms with Gasteiger partial charge in [-0.05, 0) is 42.6 Å². The number of hydrogen-bond donors (Lipinski definition) is 0. The van der Waals surface area contributed by atoms with Crippen molar-refractivity contribution < 1.29 is 0 Å². The van der Waals surface area contributed by atoms with Gasteiger partial charge in [0, 0.05) is 18.1 Å². The van der Waals surface area contributed by atoms with Gasteiger partial charge in [0.15, 0.2) is 0 Å². The number of benzene rings is 1. The van der Waals surface area contributed by atoms with Crippen LogP contribution in [0.5, 0.6) is 0 Å². The number of nitrogens with zero attached hydrogens (tertiary/aromatic N) is 1. The van der Waals surface area contributed by atoms with Gasteiger partial charge in [-0.15, -0.1) is 0 Å². The predicted molar refractivity (Wildman–Crippen MR) is 61.1 cm³/mol. The van der Waals surface area contributed by atoms with Gasteiger partial charge in [-0.25, -0.2) is 0 Å². The summed E-state index contributed by atoms with van der Waals surface area (Å²) >= 11 is 6.02. The molecule has 2 heteroatoms.